The van der Waals surface area contributed by atoms with Crippen molar-refractivity contribution in [2.45, 2.75) is 58.5 Å². The highest BCUT2D eigenvalue weighted by Gasteiger charge is 2.33. The summed E-state index contributed by atoms with van der Waals surface area (Å²) in [6.07, 6.45) is -3.12. The highest BCUT2D eigenvalue weighted by molar-refractivity contribution is 7.91. The maximum absolute atomic E-state index is 13.8. The Morgan fingerprint density at radius 2 is 1.60 bits per heavy atom. The zero-order valence-electron chi connectivity index (χ0n) is 23.6. The van der Waals surface area contributed by atoms with Gasteiger partial charge in [-0.05, 0) is 96.9 Å². The van der Waals surface area contributed by atoms with Crippen molar-refractivity contribution in [3.05, 3.63) is 82.9 Å². The Balaban J connectivity index is 1.92. The molecular formula is C31H37F3N2O3S. The Morgan fingerprint density at radius 3 is 2.23 bits per heavy atom. The van der Waals surface area contributed by atoms with Crippen LogP contribution < -0.4 is 10.6 Å². The van der Waals surface area contributed by atoms with Crippen LogP contribution in [0.1, 0.15) is 61.2 Å². The van der Waals surface area contributed by atoms with Crippen molar-refractivity contribution in [3.63, 3.8) is 0 Å². The van der Waals surface area contributed by atoms with Crippen molar-refractivity contribution in [2.75, 3.05) is 24.2 Å². The van der Waals surface area contributed by atoms with Crippen LogP contribution in [0.25, 0.3) is 11.1 Å². The first kappa shape index (κ1) is 31.4. The van der Waals surface area contributed by atoms with Gasteiger partial charge in [-0.3, -0.25) is 4.79 Å². The molecule has 3 aromatic carbocycles. The molecule has 0 atom stereocenters. The fraction of sp³-hybridized carbons (Fsp3) is 0.387. The predicted octanol–water partition coefficient (Wildman–Crippen LogP) is 7.30. The summed E-state index contributed by atoms with van der Waals surface area (Å²) in [5.74, 6) is -0.465. The lowest BCUT2D eigenvalue weighted by molar-refractivity contribution is -0.137. The Labute approximate surface area is 235 Å². The van der Waals surface area contributed by atoms with E-state index in [1.54, 1.807) is 31.2 Å². The molecule has 0 unspecified atom stereocenters. The van der Waals surface area contributed by atoms with E-state index in [9.17, 15) is 26.4 Å². The van der Waals surface area contributed by atoms with E-state index in [1.165, 1.54) is 30.3 Å². The minimum atomic E-state index is -4.51. The molecule has 0 saturated carbocycles. The lowest BCUT2D eigenvalue weighted by Gasteiger charge is -2.19. The summed E-state index contributed by atoms with van der Waals surface area (Å²) in [5, 5.41) is 6.09. The largest absolute Gasteiger partial charge is 0.417 e. The molecule has 1 amide bonds. The molecule has 40 heavy (non-hydrogen) atoms. The van der Waals surface area contributed by atoms with Crippen molar-refractivity contribution in [2.24, 2.45) is 5.41 Å². The van der Waals surface area contributed by atoms with Crippen molar-refractivity contribution >= 4 is 21.4 Å². The molecule has 2 N–H and O–H groups in total. The van der Waals surface area contributed by atoms with Crippen LogP contribution in [0.3, 0.4) is 0 Å². The van der Waals surface area contributed by atoms with Crippen molar-refractivity contribution in [1.82, 2.24) is 5.32 Å². The number of anilines is 1. The first-order chi connectivity index (χ1) is 18.6. The average Bonchev–Trinajstić information content (AvgIpc) is 2.84. The second kappa shape index (κ2) is 12.6. The summed E-state index contributed by atoms with van der Waals surface area (Å²) < 4.78 is 67.0. The van der Waals surface area contributed by atoms with Gasteiger partial charge < -0.3 is 10.6 Å². The maximum Gasteiger partial charge on any atom is 0.417 e. The Hall–Kier alpha value is -3.17. The molecule has 0 saturated heterocycles. The normalized spacial score (nSPS) is 12.4. The minimum Gasteiger partial charge on any atom is -0.322 e. The number of sulfone groups is 1. The van der Waals surface area contributed by atoms with Crippen molar-refractivity contribution in [1.29, 1.82) is 0 Å². The number of aryl methyl sites for hydroxylation is 1. The first-order valence-electron chi connectivity index (χ1n) is 13.3. The van der Waals surface area contributed by atoms with Gasteiger partial charge in [0.25, 0.3) is 5.91 Å². The van der Waals surface area contributed by atoms with Gasteiger partial charge in [-0.25, -0.2) is 8.42 Å². The third kappa shape index (κ3) is 8.17. The second-order valence-electron chi connectivity index (χ2n) is 11.2. The molecule has 0 bridgehead atoms. The molecule has 5 nitrogen and oxygen atoms in total. The molecule has 0 heterocycles. The molecule has 0 aliphatic rings. The third-order valence-corrected chi connectivity index (χ3v) is 8.65. The van der Waals surface area contributed by atoms with Crippen LogP contribution in [-0.4, -0.2) is 33.2 Å². The topological polar surface area (TPSA) is 75.3 Å². The highest BCUT2D eigenvalue weighted by atomic mass is 32.2. The summed E-state index contributed by atoms with van der Waals surface area (Å²) in [6, 6.07) is 14.8. The Bertz CT molecular complexity index is 1460. The quantitative estimate of drug-likeness (QED) is 0.249. The lowest BCUT2D eigenvalue weighted by atomic mass is 9.93. The number of hydrogen-bond acceptors (Lipinski definition) is 4. The molecule has 3 rings (SSSR count). The number of hydrogen-bond donors (Lipinski definition) is 2. The van der Waals surface area contributed by atoms with Gasteiger partial charge in [-0.15, -0.1) is 0 Å². The van der Waals surface area contributed by atoms with Crippen molar-refractivity contribution < 1.29 is 26.4 Å². The van der Waals surface area contributed by atoms with Gasteiger partial charge in [0.15, 0.2) is 9.84 Å². The fourth-order valence-electron chi connectivity index (χ4n) is 4.62. The van der Waals surface area contributed by atoms with Gasteiger partial charge in [0.1, 0.15) is 0 Å². The van der Waals surface area contributed by atoms with Crippen LogP contribution >= 0.6 is 0 Å². The van der Waals surface area contributed by atoms with E-state index in [2.05, 4.69) is 10.6 Å². The average molecular weight is 575 g/mol. The number of alkyl halides is 3. The van der Waals surface area contributed by atoms with E-state index >= 15 is 0 Å². The molecule has 0 aromatic heterocycles. The summed E-state index contributed by atoms with van der Waals surface area (Å²) in [7, 11) is -3.53. The van der Waals surface area contributed by atoms with Crippen LogP contribution in [0.2, 0.25) is 0 Å². The van der Waals surface area contributed by atoms with E-state index in [-0.39, 0.29) is 21.8 Å². The number of halogens is 3. The van der Waals surface area contributed by atoms with Gasteiger partial charge >= 0.3 is 6.18 Å². The van der Waals surface area contributed by atoms with Gasteiger partial charge in [0, 0.05) is 11.3 Å². The number of carbonyl (C=O) groups excluding carboxylic acids is 1. The molecule has 9 heteroatoms. The molecule has 0 radical (unpaired) electrons. The molecule has 3 aromatic rings. The molecule has 0 spiro atoms. The van der Waals surface area contributed by atoms with E-state index < -0.39 is 32.9 Å². The Morgan fingerprint density at radius 1 is 0.900 bits per heavy atom. The van der Waals surface area contributed by atoms with Crippen molar-refractivity contribution in [3.8, 4) is 11.1 Å². The summed E-state index contributed by atoms with van der Waals surface area (Å²) in [5.41, 5.74) is 1.26. The Kier molecular flexibility index (Phi) is 9.85. The van der Waals surface area contributed by atoms with E-state index in [0.717, 1.165) is 19.0 Å². The molecule has 0 aliphatic carbocycles. The second-order valence-corrected chi connectivity index (χ2v) is 13.1. The number of carbonyl (C=O) groups is 1. The van der Waals surface area contributed by atoms with E-state index in [1.807, 2.05) is 27.7 Å². The lowest BCUT2D eigenvalue weighted by Crippen LogP contribution is -2.22. The zero-order chi connectivity index (χ0) is 29.7. The van der Waals surface area contributed by atoms with Gasteiger partial charge in [0.2, 0.25) is 0 Å². The highest BCUT2D eigenvalue weighted by Crippen LogP contribution is 2.39. The summed E-state index contributed by atoms with van der Waals surface area (Å²) in [4.78, 5) is 13.3. The first-order valence-corrected chi connectivity index (χ1v) is 14.9. The fourth-order valence-corrected chi connectivity index (χ4v) is 6.74. The SMILES string of the molecule is CCCNCCc1cc(NC(=O)c2ccc(S(=O)(=O)CC(C)(C)C)c(C)c2)ccc1-c1ccccc1C(F)(F)F. The van der Waals surface area contributed by atoms with Gasteiger partial charge in [-0.1, -0.05) is 52.0 Å². The predicted molar refractivity (Wildman–Crippen MR) is 154 cm³/mol. The maximum atomic E-state index is 13.8. The number of rotatable bonds is 10. The molecule has 216 valence electrons. The zero-order valence-corrected chi connectivity index (χ0v) is 24.4. The molecule has 0 aliphatic heterocycles. The van der Waals surface area contributed by atoms with Gasteiger partial charge in [-0.2, -0.15) is 13.2 Å². The standard InChI is InChI=1S/C31H37F3N2O3S/c1-6-16-35-17-15-22-19-24(12-13-25(22)26-9-7-8-10-27(26)31(32,33)34)36-29(37)23-11-14-28(21(2)18-23)40(38,39)20-30(3,4)5/h7-14,18-19,35H,6,15-17,20H2,1-5H3,(H,36,37). The number of benzene rings is 3. The van der Waals surface area contributed by atoms with Crippen LogP contribution in [0.4, 0.5) is 18.9 Å². The van der Waals surface area contributed by atoms with Gasteiger partial charge in [0.05, 0.1) is 16.2 Å². The van der Waals surface area contributed by atoms with Crippen LogP contribution in [0.5, 0.6) is 0 Å². The van der Waals surface area contributed by atoms with E-state index in [0.29, 0.717) is 35.3 Å². The monoisotopic (exact) mass is 574 g/mol. The molecular weight excluding hydrogens is 537 g/mol. The summed E-state index contributed by atoms with van der Waals surface area (Å²) in [6.45, 7) is 10.6. The van der Waals surface area contributed by atoms with Crippen LogP contribution in [0, 0.1) is 12.3 Å². The van der Waals surface area contributed by atoms with Crippen LogP contribution in [0.15, 0.2) is 65.6 Å². The number of nitrogens with one attached hydrogen (secondary N) is 2. The smallest absolute Gasteiger partial charge is 0.322 e. The molecule has 0 fully saturated rings. The van der Waals surface area contributed by atoms with Crippen LogP contribution in [-0.2, 0) is 22.4 Å². The number of amides is 1. The summed E-state index contributed by atoms with van der Waals surface area (Å²) >= 11 is 0. The van der Waals surface area contributed by atoms with E-state index in [4.69, 9.17) is 0 Å². The minimum absolute atomic E-state index is 0.0217. The third-order valence-electron chi connectivity index (χ3n) is 6.28.